The third-order valence-electron chi connectivity index (χ3n) is 4.73. The SMILES string of the molecule is Cc1ccc2c(CC(=O)Nc3nc4ccc(S(C)(=O)=O)cc4s3)coc2c1C. The van der Waals surface area contributed by atoms with E-state index in [1.165, 1.54) is 17.4 Å². The normalized spacial score (nSPS) is 12.0. The van der Waals surface area contributed by atoms with Gasteiger partial charge in [-0.15, -0.1) is 0 Å². The van der Waals surface area contributed by atoms with E-state index in [-0.39, 0.29) is 17.2 Å². The second kappa shape index (κ2) is 6.72. The molecule has 1 amide bonds. The molecule has 4 aromatic rings. The van der Waals surface area contributed by atoms with Crippen molar-refractivity contribution in [3.05, 3.63) is 53.3 Å². The van der Waals surface area contributed by atoms with E-state index < -0.39 is 9.84 Å². The number of anilines is 1. The van der Waals surface area contributed by atoms with Crippen LogP contribution in [0, 0.1) is 13.8 Å². The first-order valence-corrected chi connectivity index (χ1v) is 11.3. The average molecular weight is 415 g/mol. The van der Waals surface area contributed by atoms with Crippen molar-refractivity contribution in [3.8, 4) is 0 Å². The Balaban J connectivity index is 1.56. The summed E-state index contributed by atoms with van der Waals surface area (Å²) >= 11 is 1.25. The van der Waals surface area contributed by atoms with Crippen LogP contribution < -0.4 is 5.32 Å². The zero-order valence-electron chi connectivity index (χ0n) is 15.6. The van der Waals surface area contributed by atoms with E-state index in [2.05, 4.69) is 10.3 Å². The van der Waals surface area contributed by atoms with Crippen LogP contribution >= 0.6 is 11.3 Å². The molecule has 2 heterocycles. The van der Waals surface area contributed by atoms with E-state index in [9.17, 15) is 13.2 Å². The molecule has 0 fully saturated rings. The predicted molar refractivity (Wildman–Crippen MR) is 111 cm³/mol. The number of carbonyl (C=O) groups is 1. The maximum atomic E-state index is 12.5. The number of thiazole rings is 1. The number of hydrogen-bond donors (Lipinski definition) is 1. The Morgan fingerprint density at radius 3 is 2.75 bits per heavy atom. The summed E-state index contributed by atoms with van der Waals surface area (Å²) in [5, 5.41) is 4.16. The zero-order chi connectivity index (χ0) is 20.1. The van der Waals surface area contributed by atoms with Crippen molar-refractivity contribution in [1.29, 1.82) is 0 Å². The lowest BCUT2D eigenvalue weighted by molar-refractivity contribution is -0.115. The maximum absolute atomic E-state index is 12.5. The maximum Gasteiger partial charge on any atom is 0.230 e. The summed E-state index contributed by atoms with van der Waals surface area (Å²) in [6.07, 6.45) is 2.95. The zero-order valence-corrected chi connectivity index (χ0v) is 17.2. The highest BCUT2D eigenvalue weighted by Gasteiger charge is 2.15. The largest absolute Gasteiger partial charge is 0.464 e. The first kappa shape index (κ1) is 18.6. The van der Waals surface area contributed by atoms with E-state index in [0.29, 0.717) is 15.3 Å². The fourth-order valence-corrected chi connectivity index (χ4v) is 4.69. The molecule has 1 N–H and O–H groups in total. The summed E-state index contributed by atoms with van der Waals surface area (Å²) in [7, 11) is -3.29. The van der Waals surface area contributed by atoms with Gasteiger partial charge in [0, 0.05) is 17.2 Å². The van der Waals surface area contributed by atoms with Crippen molar-refractivity contribution in [2.45, 2.75) is 25.2 Å². The van der Waals surface area contributed by atoms with E-state index in [4.69, 9.17) is 4.42 Å². The van der Waals surface area contributed by atoms with Crippen LogP contribution in [0.2, 0.25) is 0 Å². The van der Waals surface area contributed by atoms with Gasteiger partial charge in [-0.3, -0.25) is 4.79 Å². The second-order valence-electron chi connectivity index (χ2n) is 6.79. The van der Waals surface area contributed by atoms with E-state index in [0.717, 1.165) is 33.9 Å². The molecule has 28 heavy (non-hydrogen) atoms. The molecule has 2 aromatic carbocycles. The summed E-state index contributed by atoms with van der Waals surface area (Å²) in [6.45, 7) is 4.02. The number of nitrogens with zero attached hydrogens (tertiary/aromatic N) is 1. The number of sulfone groups is 1. The van der Waals surface area contributed by atoms with Crippen LogP contribution in [0.5, 0.6) is 0 Å². The Morgan fingerprint density at radius 2 is 2.00 bits per heavy atom. The van der Waals surface area contributed by atoms with Gasteiger partial charge in [0.15, 0.2) is 15.0 Å². The summed E-state index contributed by atoms with van der Waals surface area (Å²) < 4.78 is 29.8. The van der Waals surface area contributed by atoms with Crippen molar-refractivity contribution in [2.75, 3.05) is 11.6 Å². The first-order chi connectivity index (χ1) is 13.2. The molecule has 0 aliphatic rings. The third-order valence-corrected chi connectivity index (χ3v) is 6.77. The number of amides is 1. The van der Waals surface area contributed by atoms with Crippen molar-refractivity contribution < 1.29 is 17.6 Å². The van der Waals surface area contributed by atoms with Crippen molar-refractivity contribution in [3.63, 3.8) is 0 Å². The summed E-state index contributed by atoms with van der Waals surface area (Å²) in [4.78, 5) is 17.1. The summed E-state index contributed by atoms with van der Waals surface area (Å²) in [5.74, 6) is -0.205. The number of aryl methyl sites for hydroxylation is 2. The molecule has 0 bridgehead atoms. The van der Waals surface area contributed by atoms with Gasteiger partial charge >= 0.3 is 0 Å². The monoisotopic (exact) mass is 414 g/mol. The molecule has 6 nitrogen and oxygen atoms in total. The third kappa shape index (κ3) is 3.41. The van der Waals surface area contributed by atoms with Crippen LogP contribution in [0.1, 0.15) is 16.7 Å². The van der Waals surface area contributed by atoms with Crippen LogP contribution in [-0.4, -0.2) is 25.6 Å². The molecule has 0 saturated heterocycles. The number of aromatic nitrogens is 1. The van der Waals surface area contributed by atoms with Crippen LogP contribution in [-0.2, 0) is 21.1 Å². The van der Waals surface area contributed by atoms with Crippen LogP contribution in [0.15, 0.2) is 45.9 Å². The lowest BCUT2D eigenvalue weighted by atomic mass is 10.0. The predicted octanol–water partition coefficient (Wildman–Crippen LogP) is 4.24. The molecule has 0 aliphatic heterocycles. The molecular weight excluding hydrogens is 396 g/mol. The molecule has 0 radical (unpaired) electrons. The minimum absolute atomic E-state index is 0.167. The van der Waals surface area contributed by atoms with E-state index in [1.54, 1.807) is 18.4 Å². The topological polar surface area (TPSA) is 89.3 Å². The average Bonchev–Trinajstić information content (AvgIpc) is 3.20. The fraction of sp³-hybridized carbons (Fsp3) is 0.200. The van der Waals surface area contributed by atoms with Gasteiger partial charge in [-0.25, -0.2) is 13.4 Å². The standard InChI is InChI=1S/C20H18N2O4S2/c1-11-4-6-15-13(10-26-19(15)12(11)2)8-18(23)22-20-21-16-7-5-14(28(3,24)25)9-17(16)27-20/h4-7,9-10H,8H2,1-3H3,(H,21,22,23). The molecule has 0 unspecified atom stereocenters. The quantitative estimate of drug-likeness (QED) is 0.539. The summed E-state index contributed by atoms with van der Waals surface area (Å²) in [5.41, 5.74) is 4.47. The smallest absolute Gasteiger partial charge is 0.230 e. The molecule has 0 spiro atoms. The molecule has 8 heteroatoms. The van der Waals surface area contributed by atoms with E-state index >= 15 is 0 Å². The Kier molecular flexibility index (Phi) is 4.47. The van der Waals surface area contributed by atoms with Gasteiger partial charge in [0.2, 0.25) is 5.91 Å². The molecule has 0 atom stereocenters. The number of rotatable bonds is 4. The van der Waals surface area contributed by atoms with Crippen LogP contribution in [0.4, 0.5) is 5.13 Å². The Labute approximate surface area is 166 Å². The lowest BCUT2D eigenvalue weighted by Crippen LogP contribution is -2.13. The minimum Gasteiger partial charge on any atom is -0.464 e. The molecule has 4 rings (SSSR count). The van der Waals surface area contributed by atoms with Gasteiger partial charge < -0.3 is 9.73 Å². The van der Waals surface area contributed by atoms with Gasteiger partial charge in [-0.1, -0.05) is 23.5 Å². The Morgan fingerprint density at radius 1 is 1.21 bits per heavy atom. The summed E-state index contributed by atoms with van der Waals surface area (Å²) in [6, 6.07) is 8.72. The highest BCUT2D eigenvalue weighted by Crippen LogP contribution is 2.29. The molecular formula is C20H18N2O4S2. The van der Waals surface area contributed by atoms with Crippen molar-refractivity contribution in [1.82, 2.24) is 4.98 Å². The van der Waals surface area contributed by atoms with Crippen molar-refractivity contribution in [2.24, 2.45) is 0 Å². The number of nitrogens with one attached hydrogen (secondary N) is 1. The van der Waals surface area contributed by atoms with Gasteiger partial charge in [0.1, 0.15) is 5.58 Å². The van der Waals surface area contributed by atoms with Gasteiger partial charge in [0.25, 0.3) is 0 Å². The highest BCUT2D eigenvalue weighted by atomic mass is 32.2. The van der Waals surface area contributed by atoms with Gasteiger partial charge in [-0.05, 0) is 43.2 Å². The highest BCUT2D eigenvalue weighted by molar-refractivity contribution is 7.90. The fourth-order valence-electron chi connectivity index (χ4n) is 3.05. The number of furan rings is 1. The number of carbonyl (C=O) groups excluding carboxylic acids is 1. The Hall–Kier alpha value is -2.71. The molecule has 144 valence electrons. The van der Waals surface area contributed by atoms with Gasteiger partial charge in [0.05, 0.1) is 27.8 Å². The number of hydrogen-bond acceptors (Lipinski definition) is 6. The lowest BCUT2D eigenvalue weighted by Gasteiger charge is -2.02. The Bertz CT molecular complexity index is 1330. The molecule has 0 aliphatic carbocycles. The van der Waals surface area contributed by atoms with Crippen LogP contribution in [0.25, 0.3) is 21.2 Å². The number of benzene rings is 2. The molecule has 2 aromatic heterocycles. The first-order valence-electron chi connectivity index (χ1n) is 8.59. The van der Waals surface area contributed by atoms with Gasteiger partial charge in [-0.2, -0.15) is 0 Å². The second-order valence-corrected chi connectivity index (χ2v) is 9.84. The molecule has 0 saturated carbocycles. The van der Waals surface area contributed by atoms with Crippen LogP contribution in [0.3, 0.4) is 0 Å². The minimum atomic E-state index is -3.29. The van der Waals surface area contributed by atoms with E-state index in [1.807, 2.05) is 26.0 Å². The van der Waals surface area contributed by atoms with Crippen molar-refractivity contribution >= 4 is 53.4 Å². The number of fused-ring (bicyclic) bond motifs is 2.